The van der Waals surface area contributed by atoms with E-state index in [0.717, 1.165) is 0 Å². The molecule has 2 aromatic rings. The topological polar surface area (TPSA) is 155 Å². The van der Waals surface area contributed by atoms with E-state index in [1.165, 1.54) is 25.3 Å². The van der Waals surface area contributed by atoms with Gasteiger partial charge in [-0.15, -0.1) is 0 Å². The highest BCUT2D eigenvalue weighted by Crippen LogP contribution is 2.28. The molecule has 0 unspecified atom stereocenters. The predicted molar refractivity (Wildman–Crippen MR) is 114 cm³/mol. The largest absolute Gasteiger partial charge is 0.504 e. The second-order valence-electron chi connectivity index (χ2n) is 7.30. The van der Waals surface area contributed by atoms with Crippen LogP contribution in [0.25, 0.3) is 6.08 Å². The van der Waals surface area contributed by atoms with Gasteiger partial charge in [0.05, 0.1) is 13.7 Å². The normalized spacial score (nSPS) is 25.1. The molecule has 1 aliphatic rings. The molecule has 0 radical (unpaired) electrons. The van der Waals surface area contributed by atoms with Crippen LogP contribution in [0, 0.1) is 0 Å². The van der Waals surface area contributed by atoms with Crippen molar-refractivity contribution in [3.8, 4) is 17.2 Å². The first-order valence-electron chi connectivity index (χ1n) is 10.1. The summed E-state index contributed by atoms with van der Waals surface area (Å²) in [5.74, 6) is -0.162. The van der Waals surface area contributed by atoms with Gasteiger partial charge in [0.15, 0.2) is 11.5 Å². The molecule has 1 aliphatic heterocycles. The van der Waals surface area contributed by atoms with E-state index in [4.69, 9.17) is 18.9 Å². The van der Waals surface area contributed by atoms with E-state index in [0.29, 0.717) is 11.1 Å². The lowest BCUT2D eigenvalue weighted by Gasteiger charge is -2.39. The number of phenols is 1. The summed E-state index contributed by atoms with van der Waals surface area (Å²) in [6.07, 6.45) is -4.39. The Bertz CT molecular complexity index is 973. The number of aromatic hydroxyl groups is 1. The Balaban J connectivity index is 1.63. The summed E-state index contributed by atoms with van der Waals surface area (Å²) in [4.78, 5) is 12.1. The highest BCUT2D eigenvalue weighted by molar-refractivity contribution is 5.87. The maximum atomic E-state index is 12.1. The highest BCUT2D eigenvalue weighted by atomic mass is 16.7. The van der Waals surface area contributed by atoms with Gasteiger partial charge in [0, 0.05) is 11.6 Å². The molecule has 3 rings (SSSR count). The number of hydrogen-bond donors (Lipinski definition) is 5. The van der Waals surface area contributed by atoms with Crippen LogP contribution in [0.3, 0.4) is 0 Å². The molecule has 2 aromatic carbocycles. The number of carbonyl (C=O) groups excluding carboxylic acids is 1. The summed E-state index contributed by atoms with van der Waals surface area (Å²) in [5, 5.41) is 48.9. The van der Waals surface area contributed by atoms with Crippen LogP contribution in [0.5, 0.6) is 17.2 Å². The van der Waals surface area contributed by atoms with Gasteiger partial charge in [0.2, 0.25) is 6.29 Å². The van der Waals surface area contributed by atoms with Crippen molar-refractivity contribution in [3.63, 3.8) is 0 Å². The number of hydrogen-bond acceptors (Lipinski definition) is 10. The van der Waals surface area contributed by atoms with E-state index < -0.39 is 43.3 Å². The molecule has 0 aromatic heterocycles. The van der Waals surface area contributed by atoms with Crippen molar-refractivity contribution in [3.05, 3.63) is 59.7 Å². The van der Waals surface area contributed by atoms with E-state index in [9.17, 15) is 30.3 Å². The Hall–Kier alpha value is -3.15. The smallest absolute Gasteiger partial charge is 0.331 e. The number of rotatable bonds is 8. The molecular weight excluding hydrogens is 436 g/mol. The monoisotopic (exact) mass is 462 g/mol. The average molecular weight is 462 g/mol. The van der Waals surface area contributed by atoms with Crippen molar-refractivity contribution in [2.75, 3.05) is 13.7 Å². The van der Waals surface area contributed by atoms with Crippen molar-refractivity contribution in [1.82, 2.24) is 0 Å². The number of methoxy groups -OCH3 is 1. The van der Waals surface area contributed by atoms with Gasteiger partial charge >= 0.3 is 5.97 Å². The number of aliphatic hydroxyl groups excluding tert-OH is 4. The minimum atomic E-state index is -1.57. The quantitative estimate of drug-likeness (QED) is 0.274. The van der Waals surface area contributed by atoms with Crippen LogP contribution in [0.1, 0.15) is 11.1 Å². The molecule has 5 N–H and O–H groups in total. The minimum absolute atomic E-state index is 0.0202. The molecule has 0 spiro atoms. The Labute approximate surface area is 189 Å². The molecule has 0 aliphatic carbocycles. The standard InChI is InChI=1S/C23H26O10/c1-30-17-10-13(6-8-15(17)25)7-9-19(26)31-12-14-4-2-3-5-16(14)32-23-22(29)21(28)20(27)18(11-24)33-23/h2-10,18,20-25,27-29H,11-12H2,1H3/b9-7+/t18-,20-,21+,22-,23-/m1/s1. The van der Waals surface area contributed by atoms with Crippen molar-refractivity contribution in [2.45, 2.75) is 37.3 Å². The molecule has 0 bridgehead atoms. The fourth-order valence-electron chi connectivity index (χ4n) is 3.19. The number of ether oxygens (including phenoxy) is 4. The zero-order chi connectivity index (χ0) is 24.0. The van der Waals surface area contributed by atoms with Crippen LogP contribution in [-0.4, -0.2) is 75.9 Å². The lowest BCUT2D eigenvalue weighted by molar-refractivity contribution is -0.277. The lowest BCUT2D eigenvalue weighted by atomic mass is 9.99. The van der Waals surface area contributed by atoms with E-state index in [1.54, 1.807) is 36.4 Å². The second kappa shape index (κ2) is 11.1. The van der Waals surface area contributed by atoms with Gasteiger partial charge < -0.3 is 44.5 Å². The number of aliphatic hydroxyl groups is 4. The summed E-state index contributed by atoms with van der Waals surface area (Å²) in [5.41, 5.74) is 1.08. The highest BCUT2D eigenvalue weighted by Gasteiger charge is 2.44. The van der Waals surface area contributed by atoms with E-state index in [1.807, 2.05) is 0 Å². The first-order valence-corrected chi connectivity index (χ1v) is 10.1. The van der Waals surface area contributed by atoms with E-state index in [2.05, 4.69) is 0 Å². The van der Waals surface area contributed by atoms with Gasteiger partial charge in [-0.1, -0.05) is 24.3 Å². The molecule has 0 saturated carbocycles. The molecule has 10 nitrogen and oxygen atoms in total. The minimum Gasteiger partial charge on any atom is -0.504 e. The fourth-order valence-corrected chi connectivity index (χ4v) is 3.19. The molecule has 1 heterocycles. The molecule has 33 heavy (non-hydrogen) atoms. The van der Waals surface area contributed by atoms with Crippen molar-refractivity contribution < 1.29 is 49.3 Å². The zero-order valence-corrected chi connectivity index (χ0v) is 17.8. The molecule has 1 fully saturated rings. The Kier molecular flexibility index (Phi) is 8.26. The average Bonchev–Trinajstić information content (AvgIpc) is 2.83. The van der Waals surface area contributed by atoms with Crippen LogP contribution >= 0.6 is 0 Å². The summed E-state index contributed by atoms with van der Waals surface area (Å²) in [7, 11) is 1.42. The van der Waals surface area contributed by atoms with Gasteiger partial charge in [0.1, 0.15) is 36.8 Å². The molecule has 178 valence electrons. The van der Waals surface area contributed by atoms with Crippen LogP contribution in [0.4, 0.5) is 0 Å². The van der Waals surface area contributed by atoms with Gasteiger partial charge in [-0.25, -0.2) is 4.79 Å². The van der Waals surface area contributed by atoms with Crippen LogP contribution < -0.4 is 9.47 Å². The van der Waals surface area contributed by atoms with Crippen LogP contribution in [-0.2, 0) is 20.9 Å². The third-order valence-corrected chi connectivity index (χ3v) is 5.05. The summed E-state index contributed by atoms with van der Waals surface area (Å²) in [6.45, 7) is -0.737. The third kappa shape index (κ3) is 6.01. The number of phenolic OH excluding ortho intramolecular Hbond substituents is 1. The van der Waals surface area contributed by atoms with E-state index >= 15 is 0 Å². The molecule has 1 saturated heterocycles. The summed E-state index contributed by atoms with van der Waals surface area (Å²) in [6, 6.07) is 11.2. The third-order valence-electron chi connectivity index (χ3n) is 5.05. The van der Waals surface area contributed by atoms with Gasteiger partial charge in [-0.2, -0.15) is 0 Å². The Morgan fingerprint density at radius 3 is 2.55 bits per heavy atom. The predicted octanol–water partition coefficient (Wildman–Crippen LogP) is 0.336. The van der Waals surface area contributed by atoms with Crippen molar-refractivity contribution >= 4 is 12.0 Å². The molecular formula is C23H26O10. The zero-order valence-electron chi connectivity index (χ0n) is 17.8. The molecule has 0 amide bonds. The van der Waals surface area contributed by atoms with Crippen molar-refractivity contribution in [1.29, 1.82) is 0 Å². The maximum Gasteiger partial charge on any atom is 0.331 e. The van der Waals surface area contributed by atoms with Gasteiger partial charge in [-0.05, 0) is 29.8 Å². The van der Waals surface area contributed by atoms with Crippen molar-refractivity contribution in [2.24, 2.45) is 0 Å². The lowest BCUT2D eigenvalue weighted by Crippen LogP contribution is -2.60. The van der Waals surface area contributed by atoms with Crippen LogP contribution in [0.15, 0.2) is 48.5 Å². The Morgan fingerprint density at radius 1 is 1.06 bits per heavy atom. The summed E-state index contributed by atoms with van der Waals surface area (Å²) >= 11 is 0. The summed E-state index contributed by atoms with van der Waals surface area (Å²) < 4.78 is 21.3. The Morgan fingerprint density at radius 2 is 1.82 bits per heavy atom. The molecule has 10 heteroatoms. The van der Waals surface area contributed by atoms with Gasteiger partial charge in [0.25, 0.3) is 0 Å². The number of benzene rings is 2. The number of esters is 1. The maximum absolute atomic E-state index is 12.1. The fraction of sp³-hybridized carbons (Fsp3) is 0.348. The second-order valence-corrected chi connectivity index (χ2v) is 7.30. The SMILES string of the molecule is COc1cc(/C=C/C(=O)OCc2ccccc2O[C@@H]2O[C@H](CO)[C@@H](O)[C@H](O)[C@H]2O)ccc1O. The molecule has 5 atom stereocenters. The van der Waals surface area contributed by atoms with Crippen LogP contribution in [0.2, 0.25) is 0 Å². The number of para-hydroxylation sites is 1. The van der Waals surface area contributed by atoms with Gasteiger partial charge in [-0.3, -0.25) is 0 Å². The van der Waals surface area contributed by atoms with E-state index in [-0.39, 0.29) is 23.9 Å². The number of carbonyl (C=O) groups is 1. The first-order chi connectivity index (χ1) is 15.8. The first kappa shape index (κ1) is 24.5.